The van der Waals surface area contributed by atoms with Crippen molar-refractivity contribution in [3.63, 3.8) is 0 Å². The van der Waals surface area contributed by atoms with Crippen molar-refractivity contribution in [2.75, 3.05) is 0 Å². The lowest BCUT2D eigenvalue weighted by Crippen LogP contribution is -2.23. The minimum Gasteiger partial charge on any atom is -0.348 e. The Hall–Kier alpha value is -2.66. The molecule has 26 heavy (non-hydrogen) atoms. The van der Waals surface area contributed by atoms with Crippen LogP contribution in [-0.2, 0) is 29.8 Å². The predicted octanol–water partition coefficient (Wildman–Crippen LogP) is 2.57. The molecule has 0 atom stereocenters. The van der Waals surface area contributed by atoms with Gasteiger partial charge in [-0.2, -0.15) is 18.2 Å². The number of aryl methyl sites for hydroxylation is 1. The molecule has 0 aliphatic carbocycles. The van der Waals surface area contributed by atoms with Gasteiger partial charge in [-0.1, -0.05) is 11.2 Å². The van der Waals surface area contributed by atoms with Gasteiger partial charge >= 0.3 is 6.18 Å². The number of nitrogens with one attached hydrogen (secondary N) is 1. The van der Waals surface area contributed by atoms with E-state index in [-0.39, 0.29) is 18.3 Å². The standard InChI is InChI=1S/C15H13F3N4O3S/c1-22-7-3-6-12(22)14-20-13(25-21-14)9-19-26(23,24)11-5-2-4-10(8-11)15(16,17)18/h2-8,19H,9H2,1H3. The molecule has 0 saturated heterocycles. The fourth-order valence-electron chi connectivity index (χ4n) is 2.20. The number of alkyl halides is 3. The van der Waals surface area contributed by atoms with E-state index in [4.69, 9.17) is 4.52 Å². The maximum Gasteiger partial charge on any atom is 0.416 e. The summed E-state index contributed by atoms with van der Waals surface area (Å²) in [5.41, 5.74) is -0.384. The summed E-state index contributed by atoms with van der Waals surface area (Å²) in [5.74, 6) is 0.252. The van der Waals surface area contributed by atoms with Crippen LogP contribution in [-0.4, -0.2) is 23.1 Å². The average molecular weight is 386 g/mol. The zero-order chi connectivity index (χ0) is 18.9. The molecule has 0 radical (unpaired) electrons. The number of nitrogens with zero attached hydrogens (tertiary/aromatic N) is 3. The fraction of sp³-hybridized carbons (Fsp3) is 0.200. The first-order chi connectivity index (χ1) is 12.2. The van der Waals surface area contributed by atoms with Crippen molar-refractivity contribution in [1.29, 1.82) is 0 Å². The van der Waals surface area contributed by atoms with E-state index in [2.05, 4.69) is 14.9 Å². The molecule has 0 bridgehead atoms. The van der Waals surface area contributed by atoms with E-state index >= 15 is 0 Å². The second-order valence-electron chi connectivity index (χ2n) is 5.37. The first-order valence-corrected chi connectivity index (χ1v) is 8.76. The first kappa shape index (κ1) is 18.1. The van der Waals surface area contributed by atoms with Crippen LogP contribution in [0.15, 0.2) is 52.0 Å². The Morgan fingerprint density at radius 1 is 1.23 bits per heavy atom. The summed E-state index contributed by atoms with van der Waals surface area (Å²) in [6.45, 7) is -0.351. The highest BCUT2D eigenvalue weighted by molar-refractivity contribution is 7.89. The molecule has 2 heterocycles. The lowest BCUT2D eigenvalue weighted by atomic mass is 10.2. The Kier molecular flexibility index (Phi) is 4.59. The number of hydrogen-bond donors (Lipinski definition) is 1. The minimum atomic E-state index is -4.64. The summed E-state index contributed by atoms with van der Waals surface area (Å²) >= 11 is 0. The smallest absolute Gasteiger partial charge is 0.348 e. The van der Waals surface area contributed by atoms with Gasteiger partial charge in [0.25, 0.3) is 0 Å². The Morgan fingerprint density at radius 3 is 2.65 bits per heavy atom. The van der Waals surface area contributed by atoms with E-state index in [1.54, 1.807) is 29.9 Å². The van der Waals surface area contributed by atoms with Crippen LogP contribution in [0.2, 0.25) is 0 Å². The lowest BCUT2D eigenvalue weighted by Gasteiger charge is -2.09. The topological polar surface area (TPSA) is 90.0 Å². The quantitative estimate of drug-likeness (QED) is 0.728. The summed E-state index contributed by atoms with van der Waals surface area (Å²) in [4.78, 5) is 3.56. The van der Waals surface area contributed by atoms with Gasteiger partial charge in [0.05, 0.1) is 22.7 Å². The summed E-state index contributed by atoms with van der Waals surface area (Å²) in [7, 11) is -2.40. The van der Waals surface area contributed by atoms with Crippen molar-refractivity contribution in [1.82, 2.24) is 19.4 Å². The molecular formula is C15H13F3N4O3S. The third-order valence-electron chi connectivity index (χ3n) is 3.53. The molecule has 3 aromatic rings. The van der Waals surface area contributed by atoms with Gasteiger partial charge in [-0.25, -0.2) is 13.1 Å². The van der Waals surface area contributed by atoms with Crippen LogP contribution in [0.5, 0.6) is 0 Å². The Morgan fingerprint density at radius 2 is 2.00 bits per heavy atom. The molecule has 1 aromatic carbocycles. The van der Waals surface area contributed by atoms with E-state index in [0.29, 0.717) is 11.8 Å². The van der Waals surface area contributed by atoms with Gasteiger partial charge in [0.15, 0.2) is 0 Å². The molecule has 0 spiro atoms. The summed E-state index contributed by atoms with van der Waals surface area (Å²) < 4.78 is 71.5. The van der Waals surface area contributed by atoms with Gasteiger partial charge in [0.1, 0.15) is 0 Å². The molecule has 3 rings (SSSR count). The number of hydrogen-bond acceptors (Lipinski definition) is 5. The zero-order valence-electron chi connectivity index (χ0n) is 13.4. The molecule has 2 aromatic heterocycles. The molecule has 1 N–H and O–H groups in total. The van der Waals surface area contributed by atoms with Crippen LogP contribution in [0.1, 0.15) is 11.5 Å². The molecule has 0 saturated carbocycles. The van der Waals surface area contributed by atoms with Gasteiger partial charge in [-0.05, 0) is 30.3 Å². The van der Waals surface area contributed by atoms with Crippen molar-refractivity contribution < 1.29 is 26.1 Å². The van der Waals surface area contributed by atoms with E-state index in [1.165, 1.54) is 0 Å². The Bertz CT molecular complexity index is 1020. The second-order valence-corrected chi connectivity index (χ2v) is 7.13. The highest BCUT2D eigenvalue weighted by atomic mass is 32.2. The van der Waals surface area contributed by atoms with Crippen molar-refractivity contribution >= 4 is 10.0 Å². The average Bonchev–Trinajstić information content (AvgIpc) is 3.21. The first-order valence-electron chi connectivity index (χ1n) is 7.28. The van der Waals surface area contributed by atoms with Crippen LogP contribution in [0.3, 0.4) is 0 Å². The molecule has 0 fully saturated rings. The van der Waals surface area contributed by atoms with Crippen LogP contribution < -0.4 is 4.72 Å². The van der Waals surface area contributed by atoms with Crippen molar-refractivity contribution in [2.45, 2.75) is 17.6 Å². The third-order valence-corrected chi connectivity index (χ3v) is 4.92. The van der Waals surface area contributed by atoms with Crippen LogP contribution in [0, 0.1) is 0 Å². The van der Waals surface area contributed by atoms with Crippen LogP contribution in [0.25, 0.3) is 11.5 Å². The van der Waals surface area contributed by atoms with Gasteiger partial charge in [-0.3, -0.25) is 0 Å². The van der Waals surface area contributed by atoms with E-state index in [0.717, 1.165) is 18.2 Å². The van der Waals surface area contributed by atoms with E-state index < -0.39 is 26.7 Å². The fourth-order valence-corrected chi connectivity index (χ4v) is 3.22. The molecule has 0 aliphatic rings. The largest absolute Gasteiger partial charge is 0.416 e. The normalized spacial score (nSPS) is 12.5. The van der Waals surface area contributed by atoms with Crippen molar-refractivity contribution in [2.24, 2.45) is 7.05 Å². The zero-order valence-corrected chi connectivity index (χ0v) is 14.2. The van der Waals surface area contributed by atoms with Crippen LogP contribution >= 0.6 is 0 Å². The van der Waals surface area contributed by atoms with Gasteiger partial charge in [-0.15, -0.1) is 0 Å². The van der Waals surface area contributed by atoms with Crippen LogP contribution in [0.4, 0.5) is 13.2 Å². The highest BCUT2D eigenvalue weighted by Crippen LogP contribution is 2.30. The number of benzene rings is 1. The SMILES string of the molecule is Cn1cccc1-c1noc(CNS(=O)(=O)c2cccc(C(F)(F)F)c2)n1. The molecule has 0 aliphatic heterocycles. The number of halogens is 3. The predicted molar refractivity (Wildman–Crippen MR) is 84.2 cm³/mol. The number of aromatic nitrogens is 3. The van der Waals surface area contributed by atoms with Crippen molar-refractivity contribution in [3.05, 3.63) is 54.0 Å². The van der Waals surface area contributed by atoms with Gasteiger partial charge in [0.2, 0.25) is 21.7 Å². The molecule has 0 amide bonds. The molecule has 0 unspecified atom stereocenters. The lowest BCUT2D eigenvalue weighted by molar-refractivity contribution is -0.137. The van der Waals surface area contributed by atoms with E-state index in [1.807, 2.05) is 0 Å². The maximum absolute atomic E-state index is 12.7. The van der Waals surface area contributed by atoms with Crippen molar-refractivity contribution in [3.8, 4) is 11.5 Å². The summed E-state index contributed by atoms with van der Waals surface area (Å²) in [6, 6.07) is 6.98. The second kappa shape index (κ2) is 6.57. The molecule has 138 valence electrons. The summed E-state index contributed by atoms with van der Waals surface area (Å²) in [5, 5.41) is 3.75. The Balaban J connectivity index is 1.75. The monoisotopic (exact) mass is 386 g/mol. The minimum absolute atomic E-state index is 0.0169. The molecule has 11 heteroatoms. The van der Waals surface area contributed by atoms with E-state index in [9.17, 15) is 21.6 Å². The number of sulfonamides is 1. The number of rotatable bonds is 5. The van der Waals surface area contributed by atoms with Gasteiger partial charge < -0.3 is 9.09 Å². The highest BCUT2D eigenvalue weighted by Gasteiger charge is 2.31. The summed E-state index contributed by atoms with van der Waals surface area (Å²) in [6.07, 6.45) is -2.86. The third kappa shape index (κ3) is 3.78. The maximum atomic E-state index is 12.7. The molecular weight excluding hydrogens is 373 g/mol. The Labute approximate surface area is 146 Å². The van der Waals surface area contributed by atoms with Gasteiger partial charge in [0, 0.05) is 13.2 Å². The molecule has 7 nitrogen and oxygen atoms in total.